The molecule has 3 heteroatoms. The van der Waals surface area contributed by atoms with Gasteiger partial charge in [0.15, 0.2) is 0 Å². The van der Waals surface area contributed by atoms with Gasteiger partial charge in [-0.1, -0.05) is 6.07 Å². The molecule has 0 amide bonds. The summed E-state index contributed by atoms with van der Waals surface area (Å²) < 4.78 is 0. The molecule has 2 aliphatic heterocycles. The fraction of sp³-hybridized carbons (Fsp3) is 0.538. The van der Waals surface area contributed by atoms with Crippen LogP contribution >= 0.6 is 0 Å². The summed E-state index contributed by atoms with van der Waals surface area (Å²) in [6.07, 6.45) is 3.56. The maximum Gasteiger partial charge on any atom is 0.117 e. The van der Waals surface area contributed by atoms with Gasteiger partial charge in [0, 0.05) is 24.3 Å². The Morgan fingerprint density at radius 3 is 3.12 bits per heavy atom. The van der Waals surface area contributed by atoms with E-state index in [-0.39, 0.29) is 0 Å². The molecule has 0 bridgehead atoms. The lowest BCUT2D eigenvalue weighted by atomic mass is 9.89. The molecular weight excluding hydrogens is 200 g/mol. The summed E-state index contributed by atoms with van der Waals surface area (Å²) in [6.45, 7) is 1.89. The van der Waals surface area contributed by atoms with Crippen LogP contribution < -0.4 is 10.6 Å². The third-order valence-corrected chi connectivity index (χ3v) is 4.03. The van der Waals surface area contributed by atoms with E-state index in [1.54, 1.807) is 6.07 Å². The lowest BCUT2D eigenvalue weighted by molar-refractivity contribution is 0.339. The second kappa shape index (κ2) is 3.67. The van der Waals surface area contributed by atoms with Crippen LogP contribution in [0.5, 0.6) is 5.75 Å². The summed E-state index contributed by atoms with van der Waals surface area (Å²) >= 11 is 0. The maximum absolute atomic E-state index is 9.56. The summed E-state index contributed by atoms with van der Waals surface area (Å²) in [6, 6.07) is 6.30. The number of rotatable bonds is 1. The minimum atomic E-state index is 0.370. The van der Waals surface area contributed by atoms with Gasteiger partial charge in [-0.3, -0.25) is 0 Å². The van der Waals surface area contributed by atoms with Gasteiger partial charge in [0.2, 0.25) is 0 Å². The molecule has 1 fully saturated rings. The Bertz CT molecular complexity index is 405. The van der Waals surface area contributed by atoms with Crippen molar-refractivity contribution in [2.45, 2.75) is 25.3 Å². The average Bonchev–Trinajstić information content (AvgIpc) is 2.67. The minimum Gasteiger partial charge on any atom is -0.508 e. The van der Waals surface area contributed by atoms with Crippen LogP contribution in [0.25, 0.3) is 0 Å². The SMILES string of the molecule is NCC1CCCN2c3cc(O)ccc3CC12. The van der Waals surface area contributed by atoms with Crippen LogP contribution in [-0.2, 0) is 6.42 Å². The Kier molecular flexibility index (Phi) is 2.28. The van der Waals surface area contributed by atoms with Crippen LogP contribution in [0.1, 0.15) is 18.4 Å². The molecule has 2 atom stereocenters. The normalized spacial score (nSPS) is 27.7. The third-order valence-electron chi connectivity index (χ3n) is 4.03. The molecule has 16 heavy (non-hydrogen) atoms. The number of phenolic OH excluding ortho intramolecular Hbond substituents is 1. The first kappa shape index (κ1) is 9.97. The molecule has 0 saturated carbocycles. The van der Waals surface area contributed by atoms with E-state index in [2.05, 4.69) is 11.0 Å². The highest BCUT2D eigenvalue weighted by Gasteiger charge is 2.36. The fourth-order valence-electron chi connectivity index (χ4n) is 3.20. The molecule has 3 nitrogen and oxygen atoms in total. The number of aromatic hydroxyl groups is 1. The van der Waals surface area contributed by atoms with E-state index in [1.165, 1.54) is 24.1 Å². The van der Waals surface area contributed by atoms with E-state index in [0.29, 0.717) is 17.7 Å². The number of hydrogen-bond acceptors (Lipinski definition) is 3. The van der Waals surface area contributed by atoms with E-state index in [9.17, 15) is 5.11 Å². The van der Waals surface area contributed by atoms with Crippen LogP contribution in [-0.4, -0.2) is 24.2 Å². The van der Waals surface area contributed by atoms with Crippen LogP contribution in [0.15, 0.2) is 18.2 Å². The summed E-state index contributed by atoms with van der Waals surface area (Å²) in [5.41, 5.74) is 8.44. The first-order valence-corrected chi connectivity index (χ1v) is 6.08. The van der Waals surface area contributed by atoms with Gasteiger partial charge in [-0.15, -0.1) is 0 Å². The predicted molar refractivity (Wildman–Crippen MR) is 64.7 cm³/mol. The Labute approximate surface area is 95.9 Å². The molecule has 0 radical (unpaired) electrons. The average molecular weight is 218 g/mol. The Balaban J connectivity index is 1.97. The number of nitrogens with two attached hydrogens (primary N) is 1. The van der Waals surface area contributed by atoms with Crippen molar-refractivity contribution in [1.82, 2.24) is 0 Å². The van der Waals surface area contributed by atoms with Crippen molar-refractivity contribution >= 4 is 5.69 Å². The predicted octanol–water partition coefficient (Wildman–Crippen LogP) is 1.49. The molecule has 86 valence electrons. The van der Waals surface area contributed by atoms with Crippen LogP contribution in [0.4, 0.5) is 5.69 Å². The third kappa shape index (κ3) is 1.39. The highest BCUT2D eigenvalue weighted by molar-refractivity contribution is 5.62. The van der Waals surface area contributed by atoms with Crippen molar-refractivity contribution in [1.29, 1.82) is 0 Å². The van der Waals surface area contributed by atoms with Crippen molar-refractivity contribution in [3.63, 3.8) is 0 Å². The number of nitrogens with zero attached hydrogens (tertiary/aromatic N) is 1. The number of benzene rings is 1. The van der Waals surface area contributed by atoms with Gasteiger partial charge in [-0.05, 0) is 43.4 Å². The summed E-state index contributed by atoms with van der Waals surface area (Å²) in [5, 5.41) is 9.56. The summed E-state index contributed by atoms with van der Waals surface area (Å²) in [7, 11) is 0. The number of fused-ring (bicyclic) bond motifs is 3. The quantitative estimate of drug-likeness (QED) is 0.751. The van der Waals surface area contributed by atoms with Crippen molar-refractivity contribution in [2.24, 2.45) is 11.7 Å². The van der Waals surface area contributed by atoms with Gasteiger partial charge in [0.25, 0.3) is 0 Å². The number of piperidine rings is 1. The molecule has 1 saturated heterocycles. The molecule has 0 aromatic heterocycles. The van der Waals surface area contributed by atoms with Gasteiger partial charge in [-0.25, -0.2) is 0 Å². The molecule has 2 aliphatic rings. The summed E-state index contributed by atoms with van der Waals surface area (Å²) in [5.74, 6) is 0.984. The molecule has 2 unspecified atom stereocenters. The zero-order chi connectivity index (χ0) is 11.1. The summed E-state index contributed by atoms with van der Waals surface area (Å²) in [4.78, 5) is 2.44. The van der Waals surface area contributed by atoms with Crippen molar-refractivity contribution < 1.29 is 5.11 Å². The lowest BCUT2D eigenvalue weighted by Gasteiger charge is -2.38. The van der Waals surface area contributed by atoms with Crippen LogP contribution in [0, 0.1) is 5.92 Å². The molecule has 0 spiro atoms. The zero-order valence-electron chi connectivity index (χ0n) is 9.39. The second-order valence-electron chi connectivity index (χ2n) is 4.92. The highest BCUT2D eigenvalue weighted by Crippen LogP contribution is 2.40. The van der Waals surface area contributed by atoms with E-state index < -0.39 is 0 Å². The molecule has 1 aromatic carbocycles. The first-order valence-electron chi connectivity index (χ1n) is 6.08. The van der Waals surface area contributed by atoms with Gasteiger partial charge in [-0.2, -0.15) is 0 Å². The number of phenols is 1. The Hall–Kier alpha value is -1.22. The van der Waals surface area contributed by atoms with Gasteiger partial charge in [0.1, 0.15) is 5.75 Å². The van der Waals surface area contributed by atoms with E-state index in [0.717, 1.165) is 19.5 Å². The molecule has 3 rings (SSSR count). The van der Waals surface area contributed by atoms with Crippen molar-refractivity contribution in [3.05, 3.63) is 23.8 Å². The Morgan fingerprint density at radius 2 is 2.31 bits per heavy atom. The fourth-order valence-corrected chi connectivity index (χ4v) is 3.20. The highest BCUT2D eigenvalue weighted by atomic mass is 16.3. The molecule has 3 N–H and O–H groups in total. The lowest BCUT2D eigenvalue weighted by Crippen LogP contribution is -2.45. The molecule has 0 aliphatic carbocycles. The molecular formula is C13H18N2O. The van der Waals surface area contributed by atoms with E-state index in [1.807, 2.05) is 6.07 Å². The largest absolute Gasteiger partial charge is 0.508 e. The minimum absolute atomic E-state index is 0.370. The standard InChI is InChI=1S/C13H18N2O/c14-8-10-2-1-5-15-12(10)6-9-3-4-11(16)7-13(9)15/h3-4,7,10,12,16H,1-2,5-6,8,14H2. The zero-order valence-corrected chi connectivity index (χ0v) is 9.39. The number of anilines is 1. The van der Waals surface area contributed by atoms with E-state index >= 15 is 0 Å². The van der Waals surface area contributed by atoms with Crippen molar-refractivity contribution in [2.75, 3.05) is 18.0 Å². The Morgan fingerprint density at radius 1 is 1.44 bits per heavy atom. The van der Waals surface area contributed by atoms with Crippen LogP contribution in [0.2, 0.25) is 0 Å². The monoisotopic (exact) mass is 218 g/mol. The first-order chi connectivity index (χ1) is 7.79. The smallest absolute Gasteiger partial charge is 0.117 e. The molecule has 1 aromatic rings. The van der Waals surface area contributed by atoms with Crippen molar-refractivity contribution in [3.8, 4) is 5.75 Å². The second-order valence-corrected chi connectivity index (χ2v) is 4.92. The molecule has 2 heterocycles. The van der Waals surface area contributed by atoms with Gasteiger partial charge < -0.3 is 15.7 Å². The number of hydrogen-bond donors (Lipinski definition) is 2. The van der Waals surface area contributed by atoms with Crippen LogP contribution in [0.3, 0.4) is 0 Å². The van der Waals surface area contributed by atoms with Gasteiger partial charge in [0.05, 0.1) is 0 Å². The van der Waals surface area contributed by atoms with E-state index in [4.69, 9.17) is 5.73 Å². The topological polar surface area (TPSA) is 49.5 Å². The van der Waals surface area contributed by atoms with Gasteiger partial charge >= 0.3 is 0 Å². The maximum atomic E-state index is 9.56.